The molecule has 0 aliphatic rings. The normalized spacial score (nSPS) is 11.6. The van der Waals surface area contributed by atoms with E-state index in [1.807, 2.05) is 29.5 Å². The molecule has 1 aromatic heterocycles. The van der Waals surface area contributed by atoms with Crippen LogP contribution in [0.1, 0.15) is 18.4 Å². The van der Waals surface area contributed by atoms with Crippen LogP contribution in [-0.2, 0) is 6.42 Å². The van der Waals surface area contributed by atoms with Crippen molar-refractivity contribution in [3.05, 3.63) is 15.1 Å². The monoisotopic (exact) mass is 345 g/mol. The lowest BCUT2D eigenvalue weighted by Crippen LogP contribution is -2.16. The summed E-state index contributed by atoms with van der Waals surface area (Å²) in [4.78, 5) is 7.68. The maximum atomic E-state index is 12.2. The molecule has 1 aromatic rings. The van der Waals surface area contributed by atoms with Crippen LogP contribution in [0, 0.1) is 10.5 Å². The molecule has 3 nitrogen and oxygen atoms in total. The molecule has 0 saturated heterocycles. The quantitative estimate of drug-likeness (QED) is 0.856. The van der Waals surface area contributed by atoms with Crippen LogP contribution in [0.4, 0.5) is 19.0 Å². The topological polar surface area (TPSA) is 37.8 Å². The molecule has 1 rings (SSSR count). The van der Waals surface area contributed by atoms with Crippen LogP contribution in [0.2, 0.25) is 0 Å². The molecule has 90 valence electrons. The zero-order valence-electron chi connectivity index (χ0n) is 8.82. The van der Waals surface area contributed by atoms with Gasteiger partial charge in [0, 0.05) is 6.54 Å². The first-order valence-electron chi connectivity index (χ1n) is 4.67. The number of nitrogens with one attached hydrogen (secondary N) is 1. The largest absolute Gasteiger partial charge is 0.396 e. The average molecular weight is 345 g/mol. The van der Waals surface area contributed by atoms with E-state index in [-0.39, 0.29) is 5.82 Å². The van der Waals surface area contributed by atoms with Crippen LogP contribution in [0.3, 0.4) is 0 Å². The van der Waals surface area contributed by atoms with E-state index >= 15 is 0 Å². The number of hydrogen-bond donors (Lipinski definition) is 1. The molecular weight excluding hydrogens is 334 g/mol. The van der Waals surface area contributed by atoms with Crippen molar-refractivity contribution >= 4 is 28.4 Å². The molecule has 0 fully saturated rings. The molecule has 0 atom stereocenters. The lowest BCUT2D eigenvalue weighted by Gasteiger charge is -2.11. The molecule has 0 amide bonds. The van der Waals surface area contributed by atoms with Gasteiger partial charge in [-0.05, 0) is 36.4 Å². The van der Waals surface area contributed by atoms with Gasteiger partial charge in [0.05, 0.1) is 9.26 Å². The van der Waals surface area contributed by atoms with Crippen molar-refractivity contribution in [2.24, 2.45) is 0 Å². The highest BCUT2D eigenvalue weighted by atomic mass is 127. The van der Waals surface area contributed by atoms with E-state index in [2.05, 4.69) is 15.3 Å². The fourth-order valence-corrected chi connectivity index (χ4v) is 1.59. The number of alkyl halides is 3. The lowest BCUT2D eigenvalue weighted by atomic mass is 10.3. The van der Waals surface area contributed by atoms with Crippen LogP contribution in [0.25, 0.3) is 0 Å². The van der Waals surface area contributed by atoms with Gasteiger partial charge in [-0.25, -0.2) is 9.97 Å². The summed E-state index contributed by atoms with van der Waals surface area (Å²) in [7, 11) is 0. The fourth-order valence-electron chi connectivity index (χ4n) is 1.16. The maximum absolute atomic E-state index is 12.2. The standard InChI is InChI=1S/C9H11F3IN3/c1-3-14-8-7(13)5(2)15-6(16-8)4-9(10,11)12/h3-4H2,1-2H3,(H,14,15,16). The van der Waals surface area contributed by atoms with Crippen LogP contribution in [0.15, 0.2) is 0 Å². The molecule has 7 heteroatoms. The number of nitrogens with zero attached hydrogens (tertiary/aromatic N) is 2. The van der Waals surface area contributed by atoms with Gasteiger partial charge in [-0.1, -0.05) is 0 Å². The number of anilines is 1. The van der Waals surface area contributed by atoms with E-state index in [1.165, 1.54) is 0 Å². The first-order valence-corrected chi connectivity index (χ1v) is 5.75. The van der Waals surface area contributed by atoms with Crippen molar-refractivity contribution < 1.29 is 13.2 Å². The van der Waals surface area contributed by atoms with E-state index in [0.717, 1.165) is 3.57 Å². The minimum Gasteiger partial charge on any atom is -0.369 e. The molecule has 16 heavy (non-hydrogen) atoms. The van der Waals surface area contributed by atoms with Crippen molar-refractivity contribution in [3.63, 3.8) is 0 Å². The third-order valence-corrected chi connectivity index (χ3v) is 3.06. The maximum Gasteiger partial charge on any atom is 0.396 e. The number of aryl methyl sites for hydroxylation is 1. The van der Waals surface area contributed by atoms with Crippen molar-refractivity contribution in [1.29, 1.82) is 0 Å². The molecule has 1 heterocycles. The lowest BCUT2D eigenvalue weighted by molar-refractivity contribution is -0.128. The van der Waals surface area contributed by atoms with Gasteiger partial charge in [0.1, 0.15) is 18.1 Å². The molecule has 0 aliphatic carbocycles. The molecular formula is C9H11F3IN3. The van der Waals surface area contributed by atoms with E-state index < -0.39 is 12.6 Å². The third kappa shape index (κ3) is 3.76. The van der Waals surface area contributed by atoms with E-state index in [9.17, 15) is 13.2 Å². The zero-order chi connectivity index (χ0) is 12.3. The first-order chi connectivity index (χ1) is 7.33. The van der Waals surface area contributed by atoms with Crippen LogP contribution in [0.5, 0.6) is 0 Å². The van der Waals surface area contributed by atoms with Crippen molar-refractivity contribution in [2.45, 2.75) is 26.4 Å². The summed E-state index contributed by atoms with van der Waals surface area (Å²) in [5.41, 5.74) is 0.561. The Kier molecular flexibility index (Phi) is 4.34. The average Bonchev–Trinajstić information content (AvgIpc) is 2.11. The summed E-state index contributed by atoms with van der Waals surface area (Å²) >= 11 is 2.01. The molecule has 0 bridgehead atoms. The van der Waals surface area contributed by atoms with E-state index in [4.69, 9.17) is 0 Å². The summed E-state index contributed by atoms with van der Waals surface area (Å²) in [6.07, 6.45) is -5.37. The van der Waals surface area contributed by atoms with Crippen LogP contribution < -0.4 is 5.32 Å². The van der Waals surface area contributed by atoms with Gasteiger partial charge in [-0.3, -0.25) is 0 Å². The minimum atomic E-state index is -4.28. The second-order valence-electron chi connectivity index (χ2n) is 3.21. The van der Waals surface area contributed by atoms with Gasteiger partial charge in [0.2, 0.25) is 0 Å². The van der Waals surface area contributed by atoms with Crippen molar-refractivity contribution in [3.8, 4) is 0 Å². The second-order valence-corrected chi connectivity index (χ2v) is 4.29. The molecule has 0 spiro atoms. The summed E-state index contributed by atoms with van der Waals surface area (Å²) in [6.45, 7) is 4.14. The minimum absolute atomic E-state index is 0.193. The van der Waals surface area contributed by atoms with Gasteiger partial charge < -0.3 is 5.32 Å². The van der Waals surface area contributed by atoms with Gasteiger partial charge in [-0.2, -0.15) is 13.2 Å². The smallest absolute Gasteiger partial charge is 0.369 e. The molecule has 0 unspecified atom stereocenters. The van der Waals surface area contributed by atoms with Gasteiger partial charge in [0.25, 0.3) is 0 Å². The highest BCUT2D eigenvalue weighted by Crippen LogP contribution is 2.23. The Balaban J connectivity index is 3.04. The Labute approximate surface area is 105 Å². The number of hydrogen-bond acceptors (Lipinski definition) is 3. The van der Waals surface area contributed by atoms with Crippen molar-refractivity contribution in [2.75, 3.05) is 11.9 Å². The summed E-state index contributed by atoms with van der Waals surface area (Å²) in [5.74, 6) is 0.274. The van der Waals surface area contributed by atoms with Crippen LogP contribution in [-0.4, -0.2) is 22.7 Å². The third-order valence-electron chi connectivity index (χ3n) is 1.77. The van der Waals surface area contributed by atoms with E-state index in [0.29, 0.717) is 18.1 Å². The van der Waals surface area contributed by atoms with E-state index in [1.54, 1.807) is 6.92 Å². The molecule has 1 N–H and O–H groups in total. The summed E-state index contributed by atoms with van der Waals surface area (Å²) < 4.78 is 37.3. The number of aromatic nitrogens is 2. The Morgan fingerprint density at radius 2 is 1.94 bits per heavy atom. The fraction of sp³-hybridized carbons (Fsp3) is 0.556. The second kappa shape index (κ2) is 5.15. The zero-order valence-corrected chi connectivity index (χ0v) is 11.0. The van der Waals surface area contributed by atoms with Crippen molar-refractivity contribution in [1.82, 2.24) is 9.97 Å². The predicted molar refractivity (Wildman–Crippen MR) is 63.4 cm³/mol. The van der Waals surface area contributed by atoms with Gasteiger partial charge in [0.15, 0.2) is 0 Å². The number of rotatable bonds is 3. The highest BCUT2D eigenvalue weighted by molar-refractivity contribution is 14.1. The summed E-state index contributed by atoms with van der Waals surface area (Å²) in [6, 6.07) is 0. The van der Waals surface area contributed by atoms with Crippen LogP contribution >= 0.6 is 22.6 Å². The molecule has 0 aliphatic heterocycles. The Bertz CT molecular complexity index is 379. The molecule has 0 saturated carbocycles. The van der Waals surface area contributed by atoms with Gasteiger partial charge >= 0.3 is 6.18 Å². The Hall–Kier alpha value is -0.600. The highest BCUT2D eigenvalue weighted by Gasteiger charge is 2.30. The predicted octanol–water partition coefficient (Wildman–Crippen LogP) is 2.93. The molecule has 0 aromatic carbocycles. The SMILES string of the molecule is CCNc1nc(CC(F)(F)F)nc(C)c1I. The molecule has 0 radical (unpaired) electrons. The number of halogens is 4. The van der Waals surface area contributed by atoms with Gasteiger partial charge in [-0.15, -0.1) is 0 Å². The Morgan fingerprint density at radius 3 is 2.44 bits per heavy atom. The first kappa shape index (κ1) is 13.5. The Morgan fingerprint density at radius 1 is 1.31 bits per heavy atom. The summed E-state index contributed by atoms with van der Waals surface area (Å²) in [5, 5.41) is 2.92.